The zero-order chi connectivity index (χ0) is 26.4. The lowest BCUT2D eigenvalue weighted by molar-refractivity contribution is 0.0320. The van der Waals surface area contributed by atoms with Gasteiger partial charge in [0.25, 0.3) is 5.91 Å². The molecule has 7 heteroatoms. The third kappa shape index (κ3) is 6.82. The molecular weight excluding hydrogens is 466 g/mol. The number of fused-ring (bicyclic) bond motifs is 1. The topological polar surface area (TPSA) is 75.1 Å². The maximum absolute atomic E-state index is 13.6. The molecule has 1 aromatic heterocycles. The van der Waals surface area contributed by atoms with Crippen molar-refractivity contribution in [2.45, 2.75) is 51.7 Å². The smallest absolute Gasteiger partial charge is 0.259 e. The first-order valence-corrected chi connectivity index (χ1v) is 13.3. The van der Waals surface area contributed by atoms with Crippen molar-refractivity contribution in [1.82, 2.24) is 14.8 Å². The van der Waals surface area contributed by atoms with Crippen LogP contribution < -0.4 is 9.47 Å². The fourth-order valence-corrected chi connectivity index (χ4v) is 5.22. The summed E-state index contributed by atoms with van der Waals surface area (Å²) in [4.78, 5) is 22.3. The Morgan fingerprint density at radius 2 is 1.89 bits per heavy atom. The first kappa shape index (κ1) is 27.0. The zero-order valence-corrected chi connectivity index (χ0v) is 22.4. The number of likely N-dealkylation sites (N-methyl/N-ethyl adjacent to an activating group) is 1. The molecule has 37 heavy (non-hydrogen) atoms. The molecular formula is C30H39N3O4. The van der Waals surface area contributed by atoms with Gasteiger partial charge in [-0.1, -0.05) is 31.6 Å². The van der Waals surface area contributed by atoms with Gasteiger partial charge >= 0.3 is 0 Å². The second kappa shape index (κ2) is 12.4. The van der Waals surface area contributed by atoms with E-state index in [9.17, 15) is 9.90 Å². The summed E-state index contributed by atoms with van der Waals surface area (Å²) in [6, 6.07) is 8.94. The summed E-state index contributed by atoms with van der Waals surface area (Å²) in [6.45, 7) is 6.19. The number of aliphatic hydroxyl groups is 1. The lowest BCUT2D eigenvalue weighted by atomic mass is 9.99. The Kier molecular flexibility index (Phi) is 9.07. The standard InChI is InChI=1S/C30H39N3O4/c1-21-17-33(22(2)20-34)30(35)27-15-25(10-9-23-11-13-26(36-4)14-12-23)16-31-29(27)37-28(21)19-32(3)18-24-7-5-6-8-24/h11-16,21-22,24,28,34H,5-8,17-20H2,1-4H3/t21-,22+,28-/m0/s1. The highest BCUT2D eigenvalue weighted by molar-refractivity contribution is 5.97. The molecule has 3 atom stereocenters. The van der Waals surface area contributed by atoms with E-state index in [1.165, 1.54) is 25.7 Å². The summed E-state index contributed by atoms with van der Waals surface area (Å²) < 4.78 is 11.6. The Hall–Kier alpha value is -3.08. The van der Waals surface area contributed by atoms with Crippen molar-refractivity contribution < 1.29 is 19.4 Å². The lowest BCUT2D eigenvalue weighted by Crippen LogP contribution is -2.50. The monoisotopic (exact) mass is 505 g/mol. The highest BCUT2D eigenvalue weighted by Crippen LogP contribution is 2.29. The molecule has 0 radical (unpaired) electrons. The van der Waals surface area contributed by atoms with Crippen molar-refractivity contribution in [2.24, 2.45) is 11.8 Å². The van der Waals surface area contributed by atoms with Crippen molar-refractivity contribution in [3.63, 3.8) is 0 Å². The number of ether oxygens (including phenoxy) is 2. The minimum Gasteiger partial charge on any atom is -0.497 e. The van der Waals surface area contributed by atoms with E-state index in [0.29, 0.717) is 23.6 Å². The molecule has 7 nitrogen and oxygen atoms in total. The average molecular weight is 506 g/mol. The molecule has 1 aliphatic carbocycles. The van der Waals surface area contributed by atoms with E-state index in [4.69, 9.17) is 9.47 Å². The number of carbonyl (C=O) groups is 1. The molecule has 2 heterocycles. The number of nitrogens with zero attached hydrogens (tertiary/aromatic N) is 3. The molecule has 1 fully saturated rings. The molecule has 0 saturated heterocycles. The van der Waals surface area contributed by atoms with E-state index >= 15 is 0 Å². The van der Waals surface area contributed by atoms with Gasteiger partial charge in [0.05, 0.1) is 19.8 Å². The van der Waals surface area contributed by atoms with Crippen molar-refractivity contribution in [1.29, 1.82) is 0 Å². The van der Waals surface area contributed by atoms with Crippen LogP contribution in [-0.4, -0.2) is 78.3 Å². The Balaban J connectivity index is 1.60. The summed E-state index contributed by atoms with van der Waals surface area (Å²) in [5.74, 6) is 7.98. The summed E-state index contributed by atoms with van der Waals surface area (Å²) >= 11 is 0. The number of methoxy groups -OCH3 is 1. The van der Waals surface area contributed by atoms with E-state index in [0.717, 1.165) is 30.3 Å². The summed E-state index contributed by atoms with van der Waals surface area (Å²) in [5, 5.41) is 9.89. The molecule has 1 N–H and O–H groups in total. The van der Waals surface area contributed by atoms with Crippen LogP contribution in [0.4, 0.5) is 0 Å². The van der Waals surface area contributed by atoms with Crippen LogP contribution in [0.5, 0.6) is 11.6 Å². The number of benzene rings is 1. The Morgan fingerprint density at radius 3 is 2.57 bits per heavy atom. The zero-order valence-electron chi connectivity index (χ0n) is 22.4. The number of aromatic nitrogens is 1. The van der Waals surface area contributed by atoms with Gasteiger partial charge in [0.1, 0.15) is 17.4 Å². The molecule has 198 valence electrons. The van der Waals surface area contributed by atoms with Gasteiger partial charge in [-0.15, -0.1) is 0 Å². The van der Waals surface area contributed by atoms with Crippen molar-refractivity contribution in [2.75, 3.05) is 40.4 Å². The number of carbonyl (C=O) groups excluding carboxylic acids is 1. The Labute approximate surface area is 220 Å². The maximum atomic E-state index is 13.6. The summed E-state index contributed by atoms with van der Waals surface area (Å²) in [7, 11) is 3.78. The van der Waals surface area contributed by atoms with Crippen molar-refractivity contribution in [3.05, 3.63) is 53.2 Å². The van der Waals surface area contributed by atoms with Crippen LogP contribution in [0.15, 0.2) is 36.5 Å². The fourth-order valence-electron chi connectivity index (χ4n) is 5.22. The molecule has 2 aliphatic rings. The second-order valence-electron chi connectivity index (χ2n) is 10.5. The number of aliphatic hydroxyl groups excluding tert-OH is 1. The number of hydrogen-bond acceptors (Lipinski definition) is 6. The Bertz CT molecular complexity index is 1120. The molecule has 1 saturated carbocycles. The van der Waals surface area contributed by atoms with E-state index in [1.54, 1.807) is 24.3 Å². The number of pyridine rings is 1. The highest BCUT2D eigenvalue weighted by atomic mass is 16.5. The second-order valence-corrected chi connectivity index (χ2v) is 10.5. The molecule has 2 aromatic rings. The molecule has 0 unspecified atom stereocenters. The lowest BCUT2D eigenvalue weighted by Gasteiger charge is -2.38. The number of amides is 1. The van der Waals surface area contributed by atoms with Gasteiger partial charge in [-0.05, 0) is 63.1 Å². The van der Waals surface area contributed by atoms with Gasteiger partial charge in [-0.2, -0.15) is 0 Å². The SMILES string of the molecule is COc1ccc(C#Cc2cnc3c(c2)C(=O)N([C@H](C)CO)C[C@H](C)[C@H](CN(C)CC2CCCC2)O3)cc1. The third-order valence-electron chi connectivity index (χ3n) is 7.50. The van der Waals surface area contributed by atoms with Gasteiger partial charge in [0.2, 0.25) is 5.88 Å². The quantitative estimate of drug-likeness (QED) is 0.577. The van der Waals surface area contributed by atoms with Gasteiger partial charge in [0.15, 0.2) is 0 Å². The first-order chi connectivity index (χ1) is 17.9. The first-order valence-electron chi connectivity index (χ1n) is 13.3. The van der Waals surface area contributed by atoms with Crippen LogP contribution in [-0.2, 0) is 0 Å². The van der Waals surface area contributed by atoms with Crippen LogP contribution >= 0.6 is 0 Å². The molecule has 0 bridgehead atoms. The van der Waals surface area contributed by atoms with E-state index in [1.807, 2.05) is 31.2 Å². The highest BCUT2D eigenvalue weighted by Gasteiger charge is 2.34. The van der Waals surface area contributed by atoms with Gasteiger partial charge < -0.3 is 24.4 Å². The van der Waals surface area contributed by atoms with Crippen LogP contribution in [0.2, 0.25) is 0 Å². The average Bonchev–Trinajstić information content (AvgIpc) is 3.42. The normalized spacial score (nSPS) is 20.9. The van der Waals surface area contributed by atoms with Crippen LogP contribution in [0, 0.1) is 23.7 Å². The predicted octanol–water partition coefficient (Wildman–Crippen LogP) is 3.83. The molecule has 4 rings (SSSR count). The van der Waals surface area contributed by atoms with Gasteiger partial charge in [-0.25, -0.2) is 4.98 Å². The molecule has 0 spiro atoms. The number of rotatable bonds is 7. The van der Waals surface area contributed by atoms with Crippen LogP contribution in [0.1, 0.15) is 61.0 Å². The van der Waals surface area contributed by atoms with E-state index < -0.39 is 0 Å². The Morgan fingerprint density at radius 1 is 1.19 bits per heavy atom. The van der Waals surface area contributed by atoms with Gasteiger partial charge in [0, 0.05) is 42.9 Å². The number of hydrogen-bond donors (Lipinski definition) is 1. The summed E-state index contributed by atoms with van der Waals surface area (Å²) in [6.07, 6.45) is 6.78. The van der Waals surface area contributed by atoms with Gasteiger partial charge in [-0.3, -0.25) is 4.79 Å². The molecule has 1 aliphatic heterocycles. The van der Waals surface area contributed by atoms with Crippen molar-refractivity contribution in [3.8, 4) is 23.5 Å². The van der Waals surface area contributed by atoms with Crippen LogP contribution in [0.3, 0.4) is 0 Å². The predicted molar refractivity (Wildman–Crippen MR) is 144 cm³/mol. The largest absolute Gasteiger partial charge is 0.497 e. The molecule has 1 aromatic carbocycles. The van der Waals surface area contributed by atoms with E-state index in [2.05, 4.69) is 35.7 Å². The fraction of sp³-hybridized carbons (Fsp3) is 0.533. The summed E-state index contributed by atoms with van der Waals surface area (Å²) in [5.41, 5.74) is 1.86. The minimum absolute atomic E-state index is 0.0773. The van der Waals surface area contributed by atoms with Crippen molar-refractivity contribution >= 4 is 5.91 Å². The molecule has 1 amide bonds. The van der Waals surface area contributed by atoms with E-state index in [-0.39, 0.29) is 30.6 Å². The minimum atomic E-state index is -0.313. The third-order valence-corrected chi connectivity index (χ3v) is 7.50. The maximum Gasteiger partial charge on any atom is 0.259 e. The van der Waals surface area contributed by atoms with Crippen LogP contribution in [0.25, 0.3) is 0 Å².